The molecule has 0 spiro atoms. The van der Waals surface area contributed by atoms with Crippen LogP contribution in [-0.2, 0) is 6.18 Å². The van der Waals surface area contributed by atoms with Crippen molar-refractivity contribution in [3.8, 4) is 0 Å². The van der Waals surface area contributed by atoms with Gasteiger partial charge in [0.2, 0.25) is 0 Å². The molecule has 0 bridgehead atoms. The molecule has 0 radical (unpaired) electrons. The molecule has 76 valence electrons. The zero-order valence-corrected chi connectivity index (χ0v) is 7.15. The Morgan fingerprint density at radius 3 is 2.21 bits per heavy atom. The third-order valence-electron chi connectivity index (χ3n) is 1.80. The van der Waals surface area contributed by atoms with E-state index < -0.39 is 23.1 Å². The normalized spacial score (nSPS) is 11.5. The number of halogens is 4. The highest BCUT2D eigenvalue weighted by atomic mass is 19.4. The molecule has 0 aliphatic heterocycles. The van der Waals surface area contributed by atoms with Crippen LogP contribution in [0.1, 0.15) is 21.5 Å². The van der Waals surface area contributed by atoms with E-state index in [0.29, 0.717) is 0 Å². The number of aryl methyl sites for hydroxylation is 1. The Balaban J connectivity index is 3.53. The highest BCUT2D eigenvalue weighted by molar-refractivity contribution is 5.78. The van der Waals surface area contributed by atoms with Crippen LogP contribution in [0.5, 0.6) is 0 Å². The lowest BCUT2D eigenvalue weighted by atomic mass is 10.0. The first kappa shape index (κ1) is 10.7. The lowest BCUT2D eigenvalue weighted by Gasteiger charge is -2.12. The Labute approximate surface area is 77.3 Å². The number of carbonyl (C=O) groups is 1. The lowest BCUT2D eigenvalue weighted by molar-refractivity contribution is -0.138. The molecule has 14 heavy (non-hydrogen) atoms. The van der Waals surface area contributed by atoms with Crippen LogP contribution in [0.2, 0.25) is 0 Å². The van der Waals surface area contributed by atoms with Gasteiger partial charge in [0.25, 0.3) is 0 Å². The summed E-state index contributed by atoms with van der Waals surface area (Å²) in [6.45, 7) is 1.18. The van der Waals surface area contributed by atoms with Crippen LogP contribution in [-0.4, -0.2) is 6.29 Å². The summed E-state index contributed by atoms with van der Waals surface area (Å²) in [5.41, 5.74) is -2.30. The van der Waals surface area contributed by atoms with Crippen molar-refractivity contribution in [1.82, 2.24) is 0 Å². The Morgan fingerprint density at radius 2 is 1.86 bits per heavy atom. The predicted molar refractivity (Wildman–Crippen MR) is 41.5 cm³/mol. The van der Waals surface area contributed by atoms with Crippen molar-refractivity contribution in [2.75, 3.05) is 0 Å². The molecule has 0 aromatic heterocycles. The van der Waals surface area contributed by atoms with Crippen molar-refractivity contribution in [3.63, 3.8) is 0 Å². The number of hydrogen-bond acceptors (Lipinski definition) is 1. The van der Waals surface area contributed by atoms with Crippen molar-refractivity contribution in [1.29, 1.82) is 0 Å². The summed E-state index contributed by atoms with van der Waals surface area (Å²) in [4.78, 5) is 10.3. The first-order valence-corrected chi connectivity index (χ1v) is 3.69. The second kappa shape index (κ2) is 3.40. The highest BCUT2D eigenvalue weighted by Gasteiger charge is 2.36. The maximum Gasteiger partial charge on any atom is 0.417 e. The van der Waals surface area contributed by atoms with Gasteiger partial charge in [0.05, 0.1) is 11.1 Å². The summed E-state index contributed by atoms with van der Waals surface area (Å²) >= 11 is 0. The molecule has 0 aliphatic carbocycles. The van der Waals surface area contributed by atoms with Gasteiger partial charge in [0.15, 0.2) is 6.29 Å². The first-order chi connectivity index (χ1) is 6.38. The van der Waals surface area contributed by atoms with Gasteiger partial charge in [0.1, 0.15) is 5.82 Å². The van der Waals surface area contributed by atoms with Crippen LogP contribution in [0.3, 0.4) is 0 Å². The topological polar surface area (TPSA) is 17.1 Å². The predicted octanol–water partition coefficient (Wildman–Crippen LogP) is 2.97. The molecule has 1 nitrogen and oxygen atoms in total. The number of aldehydes is 1. The van der Waals surface area contributed by atoms with Gasteiger partial charge >= 0.3 is 6.18 Å². The molecule has 0 N–H and O–H groups in total. The second-order valence-electron chi connectivity index (χ2n) is 2.77. The zero-order valence-electron chi connectivity index (χ0n) is 7.15. The van der Waals surface area contributed by atoms with Crippen LogP contribution in [0.4, 0.5) is 17.6 Å². The second-order valence-corrected chi connectivity index (χ2v) is 2.77. The fourth-order valence-electron chi connectivity index (χ4n) is 1.19. The summed E-state index contributed by atoms with van der Waals surface area (Å²) in [6, 6.07) is 1.83. The van der Waals surface area contributed by atoms with Crippen LogP contribution < -0.4 is 0 Å². The van der Waals surface area contributed by atoms with Gasteiger partial charge in [0, 0.05) is 0 Å². The smallest absolute Gasteiger partial charge is 0.298 e. The molecular weight excluding hydrogens is 200 g/mol. The molecule has 0 unspecified atom stereocenters. The van der Waals surface area contributed by atoms with Crippen molar-refractivity contribution >= 4 is 6.29 Å². The molecule has 0 saturated heterocycles. The highest BCUT2D eigenvalue weighted by Crippen LogP contribution is 2.34. The fraction of sp³-hybridized carbons (Fsp3) is 0.222. The molecule has 1 rings (SSSR count). The monoisotopic (exact) mass is 206 g/mol. The summed E-state index contributed by atoms with van der Waals surface area (Å²) < 4.78 is 49.9. The van der Waals surface area contributed by atoms with Gasteiger partial charge in [-0.1, -0.05) is 6.07 Å². The van der Waals surface area contributed by atoms with Gasteiger partial charge in [-0.15, -0.1) is 0 Å². The quantitative estimate of drug-likeness (QED) is 0.510. The number of benzene rings is 1. The van der Waals surface area contributed by atoms with Gasteiger partial charge in [-0.2, -0.15) is 13.2 Å². The summed E-state index contributed by atoms with van der Waals surface area (Å²) in [5, 5.41) is 0. The molecule has 1 aromatic carbocycles. The van der Waals surface area contributed by atoms with E-state index in [1.54, 1.807) is 0 Å². The third-order valence-corrected chi connectivity index (χ3v) is 1.80. The summed E-state index contributed by atoms with van der Waals surface area (Å²) in [7, 11) is 0. The van der Waals surface area contributed by atoms with Gasteiger partial charge < -0.3 is 0 Å². The zero-order chi connectivity index (χ0) is 10.9. The third kappa shape index (κ3) is 1.76. The van der Waals surface area contributed by atoms with E-state index in [1.165, 1.54) is 6.92 Å². The number of carbonyl (C=O) groups excluding carboxylic acids is 1. The Hall–Kier alpha value is -1.39. The van der Waals surface area contributed by atoms with E-state index >= 15 is 0 Å². The molecule has 0 saturated carbocycles. The molecular formula is C9H6F4O. The van der Waals surface area contributed by atoms with Crippen LogP contribution in [0.15, 0.2) is 12.1 Å². The Kier molecular flexibility index (Phi) is 2.59. The minimum absolute atomic E-state index is 0.120. The van der Waals surface area contributed by atoms with Crippen LogP contribution in [0.25, 0.3) is 0 Å². The standard InChI is InChI=1S/C9H6F4O/c1-5-2-3-7(10)6(4-14)8(5)9(11,12)13/h2-4H,1H3. The first-order valence-electron chi connectivity index (χ1n) is 3.69. The average molecular weight is 206 g/mol. The summed E-state index contributed by atoms with van der Waals surface area (Å²) in [6.07, 6.45) is -4.83. The maximum atomic E-state index is 12.8. The number of rotatable bonds is 1. The number of hydrogen-bond donors (Lipinski definition) is 0. The van der Waals surface area contributed by atoms with E-state index in [9.17, 15) is 22.4 Å². The minimum Gasteiger partial charge on any atom is -0.298 e. The average Bonchev–Trinajstić information content (AvgIpc) is 2.06. The van der Waals surface area contributed by atoms with E-state index in [0.717, 1.165) is 12.1 Å². The van der Waals surface area contributed by atoms with Crippen molar-refractivity contribution in [2.24, 2.45) is 0 Å². The number of alkyl halides is 3. The summed E-state index contributed by atoms with van der Waals surface area (Å²) in [5.74, 6) is -1.15. The maximum absolute atomic E-state index is 12.8. The lowest BCUT2D eigenvalue weighted by Crippen LogP contribution is -2.12. The molecule has 0 heterocycles. The largest absolute Gasteiger partial charge is 0.417 e. The van der Waals surface area contributed by atoms with Crippen LogP contribution >= 0.6 is 0 Å². The molecule has 0 amide bonds. The van der Waals surface area contributed by atoms with Gasteiger partial charge in [-0.25, -0.2) is 4.39 Å². The molecule has 0 atom stereocenters. The Morgan fingerprint density at radius 1 is 1.29 bits per heavy atom. The SMILES string of the molecule is Cc1ccc(F)c(C=O)c1C(F)(F)F. The Bertz CT molecular complexity index is 368. The fourth-order valence-corrected chi connectivity index (χ4v) is 1.19. The van der Waals surface area contributed by atoms with Gasteiger partial charge in [-0.3, -0.25) is 4.79 Å². The van der Waals surface area contributed by atoms with Crippen molar-refractivity contribution in [3.05, 3.63) is 34.6 Å². The van der Waals surface area contributed by atoms with Gasteiger partial charge in [-0.05, 0) is 18.6 Å². The molecule has 0 fully saturated rings. The molecule has 5 heteroatoms. The van der Waals surface area contributed by atoms with Crippen molar-refractivity contribution in [2.45, 2.75) is 13.1 Å². The van der Waals surface area contributed by atoms with E-state index in [1.807, 2.05) is 0 Å². The van der Waals surface area contributed by atoms with E-state index in [4.69, 9.17) is 0 Å². The van der Waals surface area contributed by atoms with Crippen LogP contribution in [0, 0.1) is 12.7 Å². The van der Waals surface area contributed by atoms with E-state index in [2.05, 4.69) is 0 Å². The molecule has 0 aliphatic rings. The van der Waals surface area contributed by atoms with Crippen molar-refractivity contribution < 1.29 is 22.4 Å². The minimum atomic E-state index is -4.71. The molecule has 1 aromatic rings. The van der Waals surface area contributed by atoms with E-state index in [-0.39, 0.29) is 11.8 Å².